The number of anilines is 1. The van der Waals surface area contributed by atoms with Gasteiger partial charge in [0.25, 0.3) is 0 Å². The molecule has 122 valence electrons. The van der Waals surface area contributed by atoms with Gasteiger partial charge in [-0.3, -0.25) is 4.79 Å². The Hall–Kier alpha value is -1.07. The number of thioether (sulfide) groups is 1. The van der Waals surface area contributed by atoms with Crippen LogP contribution in [0.2, 0.25) is 0 Å². The van der Waals surface area contributed by atoms with Crippen molar-refractivity contribution in [1.29, 1.82) is 0 Å². The van der Waals surface area contributed by atoms with Crippen molar-refractivity contribution in [2.75, 3.05) is 17.7 Å². The van der Waals surface area contributed by atoms with Crippen molar-refractivity contribution in [3.8, 4) is 0 Å². The van der Waals surface area contributed by atoms with Crippen LogP contribution in [-0.2, 0) is 10.5 Å². The van der Waals surface area contributed by atoms with Gasteiger partial charge in [0.1, 0.15) is 5.82 Å². The lowest BCUT2D eigenvalue weighted by atomic mass is 9.94. The smallest absolute Gasteiger partial charge is 0.228 e. The third-order valence-electron chi connectivity index (χ3n) is 4.19. The predicted octanol–water partition coefficient (Wildman–Crippen LogP) is 3.46. The Bertz CT molecular complexity index is 475. The molecule has 1 fully saturated rings. The van der Waals surface area contributed by atoms with E-state index in [4.69, 9.17) is 5.11 Å². The molecule has 1 aromatic heterocycles. The van der Waals surface area contributed by atoms with Gasteiger partial charge in [0, 0.05) is 23.6 Å². The number of amides is 1. The Morgan fingerprint density at radius 2 is 2.27 bits per heavy atom. The van der Waals surface area contributed by atoms with Crippen LogP contribution in [-0.4, -0.2) is 28.4 Å². The first kappa shape index (κ1) is 17.3. The second-order valence-electron chi connectivity index (χ2n) is 6.10. The fourth-order valence-corrected chi connectivity index (χ4v) is 3.68. The third-order valence-corrected chi connectivity index (χ3v) is 5.20. The van der Waals surface area contributed by atoms with Crippen LogP contribution < -0.4 is 5.32 Å². The number of pyridine rings is 1. The lowest BCUT2D eigenvalue weighted by molar-refractivity contribution is -0.119. The summed E-state index contributed by atoms with van der Waals surface area (Å²) < 4.78 is 0. The molecule has 5 heteroatoms. The molecule has 1 saturated carbocycles. The Morgan fingerprint density at radius 1 is 1.50 bits per heavy atom. The summed E-state index contributed by atoms with van der Waals surface area (Å²) in [6, 6.07) is 3.87. The molecule has 0 bridgehead atoms. The highest BCUT2D eigenvalue weighted by Gasteiger charge is 2.22. The van der Waals surface area contributed by atoms with E-state index in [-0.39, 0.29) is 18.4 Å². The molecule has 0 radical (unpaired) electrons. The fourth-order valence-electron chi connectivity index (χ4n) is 2.99. The topological polar surface area (TPSA) is 62.2 Å². The summed E-state index contributed by atoms with van der Waals surface area (Å²) in [7, 11) is 0. The van der Waals surface area contributed by atoms with Gasteiger partial charge in [-0.25, -0.2) is 4.98 Å². The predicted molar refractivity (Wildman–Crippen MR) is 91.9 cm³/mol. The van der Waals surface area contributed by atoms with E-state index in [0.717, 1.165) is 29.4 Å². The van der Waals surface area contributed by atoms with E-state index in [9.17, 15) is 4.79 Å². The van der Waals surface area contributed by atoms with Crippen LogP contribution in [0.1, 0.15) is 44.6 Å². The summed E-state index contributed by atoms with van der Waals surface area (Å²) in [6.45, 7) is 2.20. The number of nitrogens with zero attached hydrogens (tertiary/aromatic N) is 1. The molecule has 0 aliphatic heterocycles. The number of nitrogens with one attached hydrogen (secondary N) is 1. The Balaban J connectivity index is 1.83. The molecular weight excluding hydrogens is 296 g/mol. The van der Waals surface area contributed by atoms with E-state index >= 15 is 0 Å². The van der Waals surface area contributed by atoms with Crippen LogP contribution in [0.25, 0.3) is 0 Å². The van der Waals surface area contributed by atoms with E-state index in [2.05, 4.69) is 10.3 Å². The van der Waals surface area contributed by atoms with E-state index in [1.807, 2.05) is 19.1 Å². The molecule has 0 aromatic carbocycles. The fraction of sp³-hybridized carbons (Fsp3) is 0.647. The molecule has 2 N–H and O–H groups in total. The van der Waals surface area contributed by atoms with Crippen molar-refractivity contribution in [3.63, 3.8) is 0 Å². The number of hydrogen-bond acceptors (Lipinski definition) is 4. The zero-order chi connectivity index (χ0) is 15.8. The minimum absolute atomic E-state index is 0.0392. The van der Waals surface area contributed by atoms with Crippen molar-refractivity contribution in [2.24, 2.45) is 11.8 Å². The van der Waals surface area contributed by atoms with Gasteiger partial charge in [-0.1, -0.05) is 32.6 Å². The number of aliphatic hydroxyl groups excluding tert-OH is 1. The van der Waals surface area contributed by atoms with Gasteiger partial charge in [-0.15, -0.1) is 0 Å². The maximum Gasteiger partial charge on any atom is 0.228 e. The molecule has 0 spiro atoms. The van der Waals surface area contributed by atoms with Crippen LogP contribution in [0.3, 0.4) is 0 Å². The van der Waals surface area contributed by atoms with Gasteiger partial charge in [0.05, 0.1) is 6.61 Å². The van der Waals surface area contributed by atoms with Gasteiger partial charge in [0.2, 0.25) is 5.91 Å². The Morgan fingerprint density at radius 3 is 3.00 bits per heavy atom. The molecule has 1 heterocycles. The molecule has 1 unspecified atom stereocenters. The molecule has 1 aliphatic carbocycles. The second-order valence-corrected chi connectivity index (χ2v) is 7.21. The number of aliphatic hydroxyl groups is 1. The quantitative estimate of drug-likeness (QED) is 0.720. The van der Waals surface area contributed by atoms with Crippen molar-refractivity contribution in [2.45, 2.75) is 44.8 Å². The third kappa shape index (κ3) is 5.61. The number of carbonyl (C=O) groups is 1. The van der Waals surface area contributed by atoms with Gasteiger partial charge in [-0.2, -0.15) is 11.8 Å². The molecule has 2 rings (SSSR count). The number of carbonyl (C=O) groups excluding carboxylic acids is 1. The lowest BCUT2D eigenvalue weighted by Crippen LogP contribution is -2.22. The van der Waals surface area contributed by atoms with Crippen molar-refractivity contribution in [1.82, 2.24) is 4.98 Å². The summed E-state index contributed by atoms with van der Waals surface area (Å²) in [4.78, 5) is 16.5. The molecule has 4 nitrogen and oxygen atoms in total. The van der Waals surface area contributed by atoms with Gasteiger partial charge < -0.3 is 10.4 Å². The molecule has 1 aromatic rings. The monoisotopic (exact) mass is 322 g/mol. The van der Waals surface area contributed by atoms with Crippen molar-refractivity contribution in [3.05, 3.63) is 23.9 Å². The van der Waals surface area contributed by atoms with Crippen molar-refractivity contribution < 1.29 is 9.90 Å². The molecule has 1 atom stereocenters. The summed E-state index contributed by atoms with van der Waals surface area (Å²) >= 11 is 1.67. The van der Waals surface area contributed by atoms with Crippen LogP contribution in [0.15, 0.2) is 18.3 Å². The van der Waals surface area contributed by atoms with Gasteiger partial charge in [0.15, 0.2) is 0 Å². The molecule has 22 heavy (non-hydrogen) atoms. The highest BCUT2D eigenvalue weighted by Crippen LogP contribution is 2.30. The SMILES string of the molecule is CC(CC1CCCC1)C(=O)Nc1cc(CSCCO)ccn1. The van der Waals surface area contributed by atoms with E-state index < -0.39 is 0 Å². The van der Waals surface area contributed by atoms with E-state index in [1.54, 1.807) is 18.0 Å². The van der Waals surface area contributed by atoms with Crippen LogP contribution in [0, 0.1) is 11.8 Å². The zero-order valence-electron chi connectivity index (χ0n) is 13.3. The Kier molecular flexibility index (Phi) is 7.19. The average Bonchev–Trinajstić information content (AvgIpc) is 3.01. The maximum absolute atomic E-state index is 12.3. The van der Waals surface area contributed by atoms with Gasteiger partial charge in [-0.05, 0) is 30.0 Å². The number of aromatic nitrogens is 1. The van der Waals surface area contributed by atoms with Gasteiger partial charge >= 0.3 is 0 Å². The first-order chi connectivity index (χ1) is 10.7. The molecule has 1 aliphatic rings. The lowest BCUT2D eigenvalue weighted by Gasteiger charge is -2.16. The highest BCUT2D eigenvalue weighted by molar-refractivity contribution is 7.98. The number of hydrogen-bond donors (Lipinski definition) is 2. The Labute approximate surface area is 137 Å². The highest BCUT2D eigenvalue weighted by atomic mass is 32.2. The zero-order valence-corrected chi connectivity index (χ0v) is 14.1. The number of rotatable bonds is 8. The summed E-state index contributed by atoms with van der Waals surface area (Å²) in [6.07, 6.45) is 7.88. The maximum atomic E-state index is 12.3. The first-order valence-corrected chi connectivity index (χ1v) is 9.29. The first-order valence-electron chi connectivity index (χ1n) is 8.13. The molecular formula is C17H26N2O2S. The van der Waals surface area contributed by atoms with E-state index in [1.165, 1.54) is 25.7 Å². The normalized spacial score (nSPS) is 16.6. The van der Waals surface area contributed by atoms with Crippen molar-refractivity contribution >= 4 is 23.5 Å². The van der Waals surface area contributed by atoms with E-state index in [0.29, 0.717) is 5.82 Å². The molecule has 0 saturated heterocycles. The van der Waals surface area contributed by atoms with Crippen LogP contribution in [0.5, 0.6) is 0 Å². The average molecular weight is 322 g/mol. The standard InChI is InChI=1S/C17H26N2O2S/c1-13(10-14-4-2-3-5-14)17(21)19-16-11-15(6-7-18-16)12-22-9-8-20/h6-7,11,13-14,20H,2-5,8-10,12H2,1H3,(H,18,19,21). The largest absolute Gasteiger partial charge is 0.396 e. The molecule has 1 amide bonds. The summed E-state index contributed by atoms with van der Waals surface area (Å²) in [5.41, 5.74) is 1.12. The summed E-state index contributed by atoms with van der Waals surface area (Å²) in [5.74, 6) is 3.00. The minimum atomic E-state index is 0.0392. The second kappa shape index (κ2) is 9.16. The van der Waals surface area contributed by atoms with Crippen LogP contribution >= 0.6 is 11.8 Å². The summed E-state index contributed by atoms with van der Waals surface area (Å²) in [5, 5.41) is 11.7. The van der Waals surface area contributed by atoms with Crippen LogP contribution in [0.4, 0.5) is 5.82 Å². The minimum Gasteiger partial charge on any atom is -0.396 e.